The standard InChI is InChI=1S/C100H158O41P2/c1-19-54(2)30-20-31-55(3)32-21-33-56(4)34-22-35-57(5)36-23-37-58(6)38-24-39-59(7)40-25-41-60(8)42-26-43-61(9)44-27-45-62(10)46-28-47-63(11)48-29-49-64(12)52-124-142(119,120)141-143(121,122)140-96-81(114)85(74(107)70(50-101)130-96)135-97-91(129-69(17)105)88(127-67(15)103)82(66(14)126-97)133-95-80(113)84(73(106)65(13)125-95)134-98-90(128-68(16)104)86(75(108)71(51-102)131-98)136-94-79(112)77(110)87(89(138-94)92(115)116)137-93-78(111)76(109)83-72(132-93)53-123-100(18,139-83)99(117)118/h19,31,33,35,37,39,41,43,45,47,49,65-66,70-91,93-98,101-102,106-114H,20-30,32,34,36,38,40,42,44,46,48,50-53H2,1-18H3,(H,115,116)(H,117,118)(H,119,120)(H,121,122)/p-4/b54-19-,55-31-,56-33-,57-35-,58-37-,59-39-,60-41-,61-43-,62-45+,63-47+,64-49+/t65-,66-,70-,71+,72-,73+,74+,75-,76-,77+,78-,79+,80-,81+,82+,83+,84+,85-,86-,87-,88+,89-,90+,91-,93-,94+,95-,96-,97-,98+,100-/m1/s1. The van der Waals surface area contributed by atoms with E-state index in [2.05, 4.69) is 134 Å². The fourth-order valence-electron chi connectivity index (χ4n) is 17.2. The zero-order chi connectivity index (χ0) is 106. The lowest BCUT2D eigenvalue weighted by atomic mass is 9.95. The minimum absolute atomic E-state index is 0.372. The number of hydrogen-bond acceptors (Lipinski definition) is 41. The smallest absolute Gasteiger partial charge is 0.303 e. The van der Waals surface area contributed by atoms with Gasteiger partial charge >= 0.3 is 17.9 Å². The van der Waals surface area contributed by atoms with Crippen LogP contribution < -0.4 is 20.0 Å². The van der Waals surface area contributed by atoms with E-state index in [1.807, 2.05) is 6.92 Å². The Morgan fingerprint density at radius 2 is 0.699 bits per heavy atom. The van der Waals surface area contributed by atoms with Gasteiger partial charge in [0.1, 0.15) is 122 Å². The molecule has 0 aromatic rings. The maximum atomic E-state index is 13.4. The van der Waals surface area contributed by atoms with Gasteiger partial charge in [-0.15, -0.1) is 0 Å². The topological polar surface area (TPSA) is 610 Å². The summed E-state index contributed by atoms with van der Waals surface area (Å²) in [5.74, 6) is -9.96. The zero-order valence-electron chi connectivity index (χ0n) is 85.2. The number of carbonyl (C=O) groups excluding carboxylic acids is 5. The van der Waals surface area contributed by atoms with E-state index in [0.717, 1.165) is 149 Å². The minimum Gasteiger partial charge on any atom is -0.756 e. The van der Waals surface area contributed by atoms with Crippen molar-refractivity contribution in [1.29, 1.82) is 0 Å². The predicted octanol–water partition coefficient (Wildman–Crippen LogP) is 6.18. The Balaban J connectivity index is 0.859. The van der Waals surface area contributed by atoms with Gasteiger partial charge in [0.05, 0.1) is 44.6 Å². The maximum absolute atomic E-state index is 13.4. The molecule has 7 saturated heterocycles. The molecule has 7 rings (SSSR count). The maximum Gasteiger partial charge on any atom is 0.303 e. The first-order chi connectivity index (χ1) is 67.3. The molecule has 0 radical (unpaired) electrons. The van der Waals surface area contributed by atoms with Crippen LogP contribution in [-0.2, 0) is 122 Å². The third kappa shape index (κ3) is 39.0. The van der Waals surface area contributed by atoms with Crippen LogP contribution in [0.4, 0.5) is 0 Å². The van der Waals surface area contributed by atoms with Crippen LogP contribution >= 0.6 is 15.6 Å². The first-order valence-corrected chi connectivity index (χ1v) is 51.9. The molecule has 0 aliphatic carbocycles. The largest absolute Gasteiger partial charge is 0.756 e. The van der Waals surface area contributed by atoms with Gasteiger partial charge in [-0.1, -0.05) is 128 Å². The summed E-state index contributed by atoms with van der Waals surface area (Å²) in [6, 6.07) is 0. The van der Waals surface area contributed by atoms with Crippen LogP contribution in [0.2, 0.25) is 0 Å². The second-order valence-electron chi connectivity index (χ2n) is 38.3. The van der Waals surface area contributed by atoms with Gasteiger partial charge in [-0.25, -0.2) is 4.31 Å². The number of allylic oxidation sites excluding steroid dienone is 21. The molecule has 33 atom stereocenters. The number of fused-ring (bicyclic) bond motifs is 1. The van der Waals surface area contributed by atoms with Gasteiger partial charge in [0.2, 0.25) is 5.79 Å². The average molecular weight is 2070 g/mol. The summed E-state index contributed by atoms with van der Waals surface area (Å²) >= 11 is 0. The summed E-state index contributed by atoms with van der Waals surface area (Å²) in [6.45, 7) is 27.9. The highest BCUT2D eigenvalue weighted by molar-refractivity contribution is 7.59. The third-order valence-corrected chi connectivity index (χ3v) is 28.4. The van der Waals surface area contributed by atoms with Crippen molar-refractivity contribution in [2.24, 2.45) is 0 Å². The molecular formula is C100H154O41P2-4. The SMILES string of the molecule is C/C=C(/C)CC/C=C(/C)CC/C=C(/C)CC/C=C(/C)CC/C=C(/C)CC/C=C(/C)CC/C=C(/C)CC/C=C(/C)CC/C=C(\C)CC/C=C(\C)CC/C=C(\C)COP(=O)([O-])OP(=O)([O-])O[C@H]1O[C@H](CO)[C@H](O)[C@@H](O[C@H]2O[C@H](C)[C@H](O[C@H]3O[C@H](C)[C@H](O)[C@H](O[C@@H]4O[C@@H](CO)[C@@H](O)[C@@H](O[C@H]5O[C@@H](C(=O)[O-])[C@H](O[C@H]6O[C@@H]7CO[C@@](C)(C(=O)[O-])O[C@@H]7[C@H](O)[C@H]6O)[C@@H](O)[C@@H]5O)[C@@H]4OC(C)=O)[C@H]3O)[C@H](OC(C)=O)[C@H]2OC(C)=O)[C@@H]1O. The van der Waals surface area contributed by atoms with E-state index >= 15 is 0 Å². The summed E-state index contributed by atoms with van der Waals surface area (Å²) in [5, 5.41) is 149. The number of aliphatic hydroxyl groups is 11. The number of hydrogen-bond donors (Lipinski definition) is 11. The van der Waals surface area contributed by atoms with Crippen molar-refractivity contribution in [1.82, 2.24) is 0 Å². The van der Waals surface area contributed by atoms with Gasteiger partial charge < -0.3 is 166 Å². The van der Waals surface area contributed by atoms with Gasteiger partial charge in [-0.05, 0) is 232 Å². The molecule has 7 aliphatic heterocycles. The Hall–Kier alpha value is -6.21. The molecule has 0 aromatic carbocycles. The van der Waals surface area contributed by atoms with Crippen molar-refractivity contribution >= 4 is 45.5 Å². The highest BCUT2D eigenvalue weighted by atomic mass is 31.3. The predicted molar refractivity (Wildman–Crippen MR) is 504 cm³/mol. The molecule has 43 heteroatoms. The van der Waals surface area contributed by atoms with Crippen molar-refractivity contribution < 1.29 is 198 Å². The molecule has 0 aromatic heterocycles. The Morgan fingerprint density at radius 3 is 1.11 bits per heavy atom. The molecule has 814 valence electrons. The van der Waals surface area contributed by atoms with Crippen LogP contribution in [0, 0.1) is 0 Å². The molecule has 7 aliphatic rings. The van der Waals surface area contributed by atoms with Crippen LogP contribution in [0.5, 0.6) is 0 Å². The van der Waals surface area contributed by atoms with E-state index in [-0.39, 0.29) is 0 Å². The van der Waals surface area contributed by atoms with Gasteiger partial charge in [0.25, 0.3) is 15.6 Å². The number of carboxylic acids is 2. The number of phosphoric ester groups is 2. The molecule has 7 fully saturated rings. The van der Waals surface area contributed by atoms with Crippen LogP contribution in [0.15, 0.2) is 128 Å². The van der Waals surface area contributed by atoms with E-state index in [4.69, 9.17) is 84.8 Å². The van der Waals surface area contributed by atoms with Crippen molar-refractivity contribution in [3.63, 3.8) is 0 Å². The lowest BCUT2D eigenvalue weighted by Crippen LogP contribution is -2.70. The van der Waals surface area contributed by atoms with Crippen molar-refractivity contribution in [3.8, 4) is 0 Å². The lowest BCUT2D eigenvalue weighted by molar-refractivity contribution is -0.419. The van der Waals surface area contributed by atoms with Gasteiger partial charge in [-0.2, -0.15) is 0 Å². The van der Waals surface area contributed by atoms with E-state index < -0.39 is 262 Å². The van der Waals surface area contributed by atoms with Gasteiger partial charge in [0, 0.05) is 20.8 Å². The van der Waals surface area contributed by atoms with Crippen LogP contribution in [0.3, 0.4) is 0 Å². The summed E-state index contributed by atoms with van der Waals surface area (Å²) in [6.07, 6.45) is -18.4. The summed E-state index contributed by atoms with van der Waals surface area (Å²) in [5.41, 5.74) is 14.3. The Bertz CT molecular complexity index is 4530. The number of carbonyl (C=O) groups is 5. The zero-order valence-corrected chi connectivity index (χ0v) is 87.0. The van der Waals surface area contributed by atoms with Crippen molar-refractivity contribution in [3.05, 3.63) is 128 Å². The quantitative estimate of drug-likeness (QED) is 0.0140. The number of phosphoric acid groups is 2. The molecule has 143 heavy (non-hydrogen) atoms. The Morgan fingerprint density at radius 1 is 0.364 bits per heavy atom. The molecular weight excluding hydrogens is 1920 g/mol. The third-order valence-electron chi connectivity index (χ3n) is 25.9. The second kappa shape index (κ2) is 59.4. The number of ether oxygens (including phenoxy) is 16. The number of rotatable bonds is 54. The first-order valence-electron chi connectivity index (χ1n) is 49.0. The average Bonchev–Trinajstić information content (AvgIpc) is 0.781. The molecule has 0 bridgehead atoms. The highest BCUT2D eigenvalue weighted by Gasteiger charge is 2.61. The number of carboxylic acid groups (broad SMARTS) is 2. The van der Waals surface area contributed by atoms with Crippen LogP contribution in [0.1, 0.15) is 253 Å². The summed E-state index contributed by atoms with van der Waals surface area (Å²) in [7, 11) is -12.1. The van der Waals surface area contributed by atoms with E-state index in [1.165, 1.54) is 70.9 Å². The van der Waals surface area contributed by atoms with E-state index in [9.17, 15) is 109 Å². The minimum atomic E-state index is -6.22. The van der Waals surface area contributed by atoms with Crippen LogP contribution in [0.25, 0.3) is 0 Å². The number of esters is 3. The molecule has 0 saturated carbocycles. The first kappa shape index (κ1) is 124. The van der Waals surface area contributed by atoms with Crippen molar-refractivity contribution in [2.45, 2.75) is 443 Å². The molecule has 7 heterocycles. The normalized spacial score (nSPS) is 35.0. The lowest BCUT2D eigenvalue weighted by Gasteiger charge is -2.51. The van der Waals surface area contributed by atoms with E-state index in [1.54, 1.807) is 6.08 Å². The number of aliphatic carboxylic acids is 2. The molecule has 11 N–H and O–H groups in total. The monoisotopic (exact) mass is 2070 g/mol. The fourth-order valence-corrected chi connectivity index (χ4v) is 19.3. The molecule has 41 nitrogen and oxygen atoms in total. The van der Waals surface area contributed by atoms with Gasteiger partial charge in [0.15, 0.2) is 56.1 Å². The summed E-state index contributed by atoms with van der Waals surface area (Å²) < 4.78 is 132. The Labute approximate surface area is 837 Å². The molecule has 2 unspecified atom stereocenters. The van der Waals surface area contributed by atoms with Gasteiger partial charge in [-0.3, -0.25) is 28.0 Å². The Kier molecular flexibility index (Phi) is 51.4. The highest BCUT2D eigenvalue weighted by Crippen LogP contribution is 2.57. The molecule has 0 amide bonds. The number of aliphatic hydroxyl groups excluding tert-OH is 11. The summed E-state index contributed by atoms with van der Waals surface area (Å²) in [4.78, 5) is 90.1. The van der Waals surface area contributed by atoms with Crippen molar-refractivity contribution in [2.75, 3.05) is 26.4 Å². The fraction of sp³-hybridized carbons (Fsp3) is 0.730. The van der Waals surface area contributed by atoms with Crippen LogP contribution in [-0.4, -0.2) is 302 Å². The second-order valence-corrected chi connectivity index (χ2v) is 41.2. The molecule has 0 spiro atoms. The van der Waals surface area contributed by atoms with E-state index in [0.29, 0.717) is 18.4 Å².